The first-order valence-corrected chi connectivity index (χ1v) is 9.21. The lowest BCUT2D eigenvalue weighted by Crippen LogP contribution is -2.31. The SMILES string of the molecule is O=C(c1ccsn1)N1CCC(Oc2cccnc2N2CCCC2)C1. The van der Waals surface area contributed by atoms with Gasteiger partial charge in [-0.05, 0) is 42.6 Å². The zero-order chi connectivity index (χ0) is 16.4. The quantitative estimate of drug-likeness (QED) is 0.853. The average Bonchev–Trinajstić information content (AvgIpc) is 3.36. The monoisotopic (exact) mass is 344 g/mol. The van der Waals surface area contributed by atoms with Crippen molar-refractivity contribution in [2.45, 2.75) is 25.4 Å². The molecule has 1 atom stereocenters. The molecule has 126 valence electrons. The smallest absolute Gasteiger partial charge is 0.273 e. The maximum absolute atomic E-state index is 12.4. The van der Waals surface area contributed by atoms with Crippen molar-refractivity contribution in [3.05, 3.63) is 35.5 Å². The van der Waals surface area contributed by atoms with Gasteiger partial charge in [0.25, 0.3) is 5.91 Å². The van der Waals surface area contributed by atoms with E-state index in [9.17, 15) is 4.79 Å². The number of ether oxygens (including phenoxy) is 1. The molecule has 0 radical (unpaired) electrons. The molecule has 4 rings (SSSR count). The van der Waals surface area contributed by atoms with Crippen molar-refractivity contribution in [1.82, 2.24) is 14.3 Å². The van der Waals surface area contributed by atoms with Gasteiger partial charge in [0, 0.05) is 37.6 Å². The molecule has 0 spiro atoms. The molecule has 2 fully saturated rings. The van der Waals surface area contributed by atoms with Gasteiger partial charge in [-0.15, -0.1) is 0 Å². The van der Waals surface area contributed by atoms with Crippen LogP contribution in [0.3, 0.4) is 0 Å². The number of nitrogens with zero attached hydrogens (tertiary/aromatic N) is 4. The first-order valence-electron chi connectivity index (χ1n) is 8.37. The molecule has 0 bridgehead atoms. The number of amides is 1. The Bertz CT molecular complexity index is 700. The van der Waals surface area contributed by atoms with E-state index in [2.05, 4.69) is 14.3 Å². The minimum atomic E-state index is -0.00620. The molecule has 1 unspecified atom stereocenters. The molecule has 0 saturated carbocycles. The van der Waals surface area contributed by atoms with E-state index in [1.807, 2.05) is 28.6 Å². The van der Waals surface area contributed by atoms with Crippen LogP contribution in [0.5, 0.6) is 5.75 Å². The lowest BCUT2D eigenvalue weighted by molar-refractivity contribution is 0.0768. The van der Waals surface area contributed by atoms with E-state index in [-0.39, 0.29) is 12.0 Å². The first-order chi connectivity index (χ1) is 11.8. The Kier molecular flexibility index (Phi) is 4.34. The Balaban J connectivity index is 1.43. The van der Waals surface area contributed by atoms with E-state index >= 15 is 0 Å². The van der Waals surface area contributed by atoms with Gasteiger partial charge in [0.15, 0.2) is 11.6 Å². The van der Waals surface area contributed by atoms with Crippen LogP contribution in [0.25, 0.3) is 0 Å². The molecule has 6 nitrogen and oxygen atoms in total. The van der Waals surface area contributed by atoms with Gasteiger partial charge in [0.1, 0.15) is 11.8 Å². The van der Waals surface area contributed by atoms with Crippen molar-refractivity contribution in [3.63, 3.8) is 0 Å². The summed E-state index contributed by atoms with van der Waals surface area (Å²) in [5.74, 6) is 1.75. The maximum atomic E-state index is 12.4. The third-order valence-electron chi connectivity index (χ3n) is 4.54. The van der Waals surface area contributed by atoms with Crippen molar-refractivity contribution in [2.75, 3.05) is 31.1 Å². The molecule has 24 heavy (non-hydrogen) atoms. The molecular formula is C17H20N4O2S. The number of aromatic nitrogens is 2. The molecule has 2 saturated heterocycles. The molecule has 4 heterocycles. The van der Waals surface area contributed by atoms with E-state index in [0.717, 1.165) is 31.1 Å². The summed E-state index contributed by atoms with van der Waals surface area (Å²) in [5, 5.41) is 1.83. The number of rotatable bonds is 4. The van der Waals surface area contributed by atoms with Gasteiger partial charge in [0.05, 0.1) is 6.54 Å². The van der Waals surface area contributed by atoms with Crippen LogP contribution in [0.4, 0.5) is 5.82 Å². The zero-order valence-corrected chi connectivity index (χ0v) is 14.2. The fourth-order valence-electron chi connectivity index (χ4n) is 3.31. The van der Waals surface area contributed by atoms with Crippen molar-refractivity contribution >= 4 is 23.3 Å². The van der Waals surface area contributed by atoms with E-state index in [0.29, 0.717) is 18.8 Å². The third kappa shape index (κ3) is 3.08. The zero-order valence-electron chi connectivity index (χ0n) is 13.4. The second kappa shape index (κ2) is 6.76. The molecule has 0 aromatic carbocycles. The Labute approximate surface area is 145 Å². The van der Waals surface area contributed by atoms with Crippen molar-refractivity contribution < 1.29 is 9.53 Å². The minimum Gasteiger partial charge on any atom is -0.485 e. The molecule has 0 aliphatic carbocycles. The number of carbonyl (C=O) groups is 1. The van der Waals surface area contributed by atoms with Crippen LogP contribution in [-0.4, -0.2) is 52.4 Å². The number of hydrogen-bond acceptors (Lipinski definition) is 6. The lowest BCUT2D eigenvalue weighted by atomic mass is 10.3. The van der Waals surface area contributed by atoms with Crippen LogP contribution in [0.15, 0.2) is 29.8 Å². The van der Waals surface area contributed by atoms with Gasteiger partial charge in [-0.1, -0.05) is 0 Å². The predicted octanol–water partition coefficient (Wildman–Crippen LogP) is 2.43. The standard InChI is InChI=1S/C17H20N4O2S/c22-17(14-6-11-24-19-14)21-10-5-13(12-21)23-15-4-3-7-18-16(15)20-8-1-2-9-20/h3-4,6-7,11,13H,1-2,5,8-10,12H2. The van der Waals surface area contributed by atoms with Gasteiger partial charge in [-0.25, -0.2) is 4.98 Å². The van der Waals surface area contributed by atoms with Crippen LogP contribution in [0, 0.1) is 0 Å². The second-order valence-corrected chi connectivity index (χ2v) is 6.85. The summed E-state index contributed by atoms with van der Waals surface area (Å²) < 4.78 is 10.3. The minimum absolute atomic E-state index is 0.00620. The van der Waals surface area contributed by atoms with Crippen molar-refractivity contribution in [2.24, 2.45) is 0 Å². The molecular weight excluding hydrogens is 324 g/mol. The Morgan fingerprint density at radius 1 is 1.25 bits per heavy atom. The summed E-state index contributed by atoms with van der Waals surface area (Å²) in [6.07, 6.45) is 5.07. The van der Waals surface area contributed by atoms with Gasteiger partial charge < -0.3 is 14.5 Å². The summed E-state index contributed by atoms with van der Waals surface area (Å²) in [6, 6.07) is 5.65. The maximum Gasteiger partial charge on any atom is 0.273 e. The summed E-state index contributed by atoms with van der Waals surface area (Å²) >= 11 is 1.30. The Morgan fingerprint density at radius 2 is 2.12 bits per heavy atom. The van der Waals surface area contributed by atoms with E-state index in [4.69, 9.17) is 4.74 Å². The number of likely N-dealkylation sites (tertiary alicyclic amines) is 1. The Morgan fingerprint density at radius 3 is 2.92 bits per heavy atom. The molecule has 2 aliphatic rings. The van der Waals surface area contributed by atoms with E-state index < -0.39 is 0 Å². The summed E-state index contributed by atoms with van der Waals surface area (Å²) in [5.41, 5.74) is 0.528. The topological polar surface area (TPSA) is 58.6 Å². The summed E-state index contributed by atoms with van der Waals surface area (Å²) in [7, 11) is 0. The molecule has 0 N–H and O–H groups in total. The van der Waals surface area contributed by atoms with Gasteiger partial charge >= 0.3 is 0 Å². The highest BCUT2D eigenvalue weighted by molar-refractivity contribution is 7.03. The highest BCUT2D eigenvalue weighted by Crippen LogP contribution is 2.30. The molecule has 2 aromatic heterocycles. The number of pyridine rings is 1. The first kappa shape index (κ1) is 15.4. The van der Waals surface area contributed by atoms with Crippen molar-refractivity contribution in [3.8, 4) is 5.75 Å². The predicted molar refractivity (Wildman–Crippen MR) is 92.7 cm³/mol. The van der Waals surface area contributed by atoms with E-state index in [1.54, 1.807) is 6.07 Å². The summed E-state index contributed by atoms with van der Waals surface area (Å²) in [6.45, 7) is 3.38. The number of hydrogen-bond donors (Lipinski definition) is 0. The fraction of sp³-hybridized carbons (Fsp3) is 0.471. The largest absolute Gasteiger partial charge is 0.485 e. The fourth-order valence-corrected chi connectivity index (χ4v) is 3.82. The number of anilines is 1. The van der Waals surface area contributed by atoms with Crippen molar-refractivity contribution in [1.29, 1.82) is 0 Å². The number of carbonyl (C=O) groups excluding carboxylic acids is 1. The van der Waals surface area contributed by atoms with Crippen LogP contribution in [0.1, 0.15) is 29.8 Å². The van der Waals surface area contributed by atoms with E-state index in [1.165, 1.54) is 24.4 Å². The van der Waals surface area contributed by atoms with Gasteiger partial charge in [-0.3, -0.25) is 4.79 Å². The third-order valence-corrected chi connectivity index (χ3v) is 5.10. The molecule has 2 aliphatic heterocycles. The highest BCUT2D eigenvalue weighted by atomic mass is 32.1. The average molecular weight is 344 g/mol. The molecule has 1 amide bonds. The molecule has 2 aromatic rings. The van der Waals surface area contributed by atoms with Gasteiger partial charge in [0.2, 0.25) is 0 Å². The van der Waals surface area contributed by atoms with Crippen LogP contribution in [-0.2, 0) is 0 Å². The highest BCUT2D eigenvalue weighted by Gasteiger charge is 2.30. The normalized spacial score (nSPS) is 20.6. The summed E-state index contributed by atoms with van der Waals surface area (Å²) in [4.78, 5) is 21.0. The van der Waals surface area contributed by atoms with Crippen LogP contribution >= 0.6 is 11.5 Å². The second-order valence-electron chi connectivity index (χ2n) is 6.18. The molecule has 7 heteroatoms. The van der Waals surface area contributed by atoms with Crippen LogP contribution < -0.4 is 9.64 Å². The lowest BCUT2D eigenvalue weighted by Gasteiger charge is -2.22. The Hall–Kier alpha value is -2.15. The van der Waals surface area contributed by atoms with Gasteiger partial charge in [-0.2, -0.15) is 4.37 Å². The van der Waals surface area contributed by atoms with Crippen LogP contribution in [0.2, 0.25) is 0 Å².